The number of β-amino-alcohol motifs (C(OH)–C–C–N with tert-alkyl or cyclic N) is 1. The zero-order valence-corrected chi connectivity index (χ0v) is 12.6. The SMILES string of the molecule is CCOC(=O)c1sc(N2CCCC(O)C2)c(C(N)=O)c1N. The lowest BCUT2D eigenvalue weighted by Crippen LogP contribution is -2.38. The average Bonchev–Trinajstić information content (AvgIpc) is 2.77. The van der Waals surface area contributed by atoms with Gasteiger partial charge in [0, 0.05) is 13.1 Å². The molecule has 116 valence electrons. The van der Waals surface area contributed by atoms with Crippen LogP contribution in [0.4, 0.5) is 10.7 Å². The summed E-state index contributed by atoms with van der Waals surface area (Å²) >= 11 is 1.09. The Bertz CT molecular complexity index is 558. The molecule has 1 aromatic rings. The van der Waals surface area contributed by atoms with E-state index in [-0.39, 0.29) is 22.7 Å². The maximum atomic E-state index is 11.9. The Hall–Kier alpha value is -1.80. The van der Waals surface area contributed by atoms with Crippen LogP contribution in [0.25, 0.3) is 0 Å². The number of hydrogen-bond donors (Lipinski definition) is 3. The summed E-state index contributed by atoms with van der Waals surface area (Å²) in [5.74, 6) is -1.25. The topological polar surface area (TPSA) is 119 Å². The quantitative estimate of drug-likeness (QED) is 0.699. The molecule has 1 aromatic heterocycles. The van der Waals surface area contributed by atoms with E-state index < -0.39 is 18.0 Å². The lowest BCUT2D eigenvalue weighted by atomic mass is 10.1. The number of nitrogen functional groups attached to an aromatic ring is 1. The smallest absolute Gasteiger partial charge is 0.350 e. The first-order valence-electron chi connectivity index (χ1n) is 6.77. The van der Waals surface area contributed by atoms with Crippen molar-refractivity contribution in [2.24, 2.45) is 5.73 Å². The molecule has 5 N–H and O–H groups in total. The Balaban J connectivity index is 2.42. The van der Waals surface area contributed by atoms with Crippen molar-refractivity contribution in [2.75, 3.05) is 30.3 Å². The number of primary amides is 1. The van der Waals surface area contributed by atoms with Gasteiger partial charge >= 0.3 is 5.97 Å². The largest absolute Gasteiger partial charge is 0.462 e. The zero-order valence-electron chi connectivity index (χ0n) is 11.8. The second-order valence-electron chi connectivity index (χ2n) is 4.85. The van der Waals surface area contributed by atoms with Crippen molar-refractivity contribution >= 4 is 33.9 Å². The van der Waals surface area contributed by atoms with Crippen molar-refractivity contribution in [1.29, 1.82) is 0 Å². The van der Waals surface area contributed by atoms with E-state index in [1.54, 1.807) is 6.92 Å². The number of hydrogen-bond acceptors (Lipinski definition) is 7. The molecule has 0 radical (unpaired) electrons. The third-order valence-electron chi connectivity index (χ3n) is 3.32. The van der Waals surface area contributed by atoms with Crippen LogP contribution in [-0.2, 0) is 4.74 Å². The molecule has 1 aliphatic heterocycles. The number of anilines is 2. The summed E-state index contributed by atoms with van der Waals surface area (Å²) < 4.78 is 4.94. The molecule has 2 heterocycles. The van der Waals surface area contributed by atoms with Crippen molar-refractivity contribution < 1.29 is 19.4 Å². The van der Waals surface area contributed by atoms with Crippen LogP contribution < -0.4 is 16.4 Å². The van der Waals surface area contributed by atoms with Gasteiger partial charge in [0.15, 0.2) is 0 Å². The van der Waals surface area contributed by atoms with Crippen molar-refractivity contribution in [3.05, 3.63) is 10.4 Å². The number of ether oxygens (including phenoxy) is 1. The molecule has 1 saturated heterocycles. The number of thiophene rings is 1. The minimum atomic E-state index is -0.686. The van der Waals surface area contributed by atoms with Gasteiger partial charge in [0.25, 0.3) is 5.91 Å². The van der Waals surface area contributed by atoms with Crippen LogP contribution >= 0.6 is 11.3 Å². The van der Waals surface area contributed by atoms with Crippen LogP contribution in [0.3, 0.4) is 0 Å². The third kappa shape index (κ3) is 3.11. The fourth-order valence-electron chi connectivity index (χ4n) is 2.38. The highest BCUT2D eigenvalue weighted by Gasteiger charge is 2.30. The molecule has 7 nitrogen and oxygen atoms in total. The number of aliphatic hydroxyl groups excluding tert-OH is 1. The molecule has 0 bridgehead atoms. The summed E-state index contributed by atoms with van der Waals surface area (Å²) in [5, 5.41) is 10.3. The number of nitrogens with two attached hydrogens (primary N) is 2. The Morgan fingerprint density at radius 3 is 2.81 bits per heavy atom. The Kier molecular flexibility index (Phi) is 4.69. The minimum Gasteiger partial charge on any atom is -0.462 e. The maximum absolute atomic E-state index is 11.9. The number of carbonyl (C=O) groups excluding carboxylic acids is 2. The first-order chi connectivity index (χ1) is 9.95. The molecule has 21 heavy (non-hydrogen) atoms. The van der Waals surface area contributed by atoms with Crippen LogP contribution in [-0.4, -0.2) is 42.8 Å². The van der Waals surface area contributed by atoms with Crippen molar-refractivity contribution in [3.63, 3.8) is 0 Å². The maximum Gasteiger partial charge on any atom is 0.350 e. The molecule has 0 aromatic carbocycles. The summed E-state index contributed by atoms with van der Waals surface area (Å²) in [6, 6.07) is 0. The molecule has 0 spiro atoms. The fraction of sp³-hybridized carbons (Fsp3) is 0.538. The molecule has 1 aliphatic rings. The van der Waals surface area contributed by atoms with Gasteiger partial charge in [-0.25, -0.2) is 4.79 Å². The van der Waals surface area contributed by atoms with E-state index in [0.29, 0.717) is 24.5 Å². The lowest BCUT2D eigenvalue weighted by molar-refractivity contribution is 0.0533. The van der Waals surface area contributed by atoms with E-state index in [0.717, 1.165) is 17.8 Å². The first kappa shape index (κ1) is 15.6. The number of aliphatic hydroxyl groups is 1. The molecule has 1 amide bonds. The molecule has 1 atom stereocenters. The Morgan fingerprint density at radius 1 is 1.52 bits per heavy atom. The second kappa shape index (κ2) is 6.31. The van der Waals surface area contributed by atoms with Gasteiger partial charge in [-0.1, -0.05) is 0 Å². The van der Waals surface area contributed by atoms with E-state index in [9.17, 15) is 14.7 Å². The van der Waals surface area contributed by atoms with E-state index in [1.807, 2.05) is 4.90 Å². The summed E-state index contributed by atoms with van der Waals surface area (Å²) in [6.45, 7) is 2.99. The zero-order chi connectivity index (χ0) is 15.6. The van der Waals surface area contributed by atoms with Crippen LogP contribution in [0.1, 0.15) is 39.8 Å². The van der Waals surface area contributed by atoms with Gasteiger partial charge in [-0.3, -0.25) is 4.79 Å². The van der Waals surface area contributed by atoms with Gasteiger partial charge in [-0.15, -0.1) is 11.3 Å². The van der Waals surface area contributed by atoms with Gasteiger partial charge in [-0.2, -0.15) is 0 Å². The van der Waals surface area contributed by atoms with Crippen LogP contribution in [0.15, 0.2) is 0 Å². The fourth-order valence-corrected chi connectivity index (χ4v) is 3.53. The van der Waals surface area contributed by atoms with E-state index in [4.69, 9.17) is 16.2 Å². The Labute approximate surface area is 126 Å². The van der Waals surface area contributed by atoms with Crippen molar-refractivity contribution in [1.82, 2.24) is 0 Å². The van der Waals surface area contributed by atoms with Gasteiger partial charge in [0.1, 0.15) is 9.88 Å². The number of nitrogens with zero attached hydrogens (tertiary/aromatic N) is 1. The molecule has 2 rings (SSSR count). The van der Waals surface area contributed by atoms with E-state index in [1.165, 1.54) is 0 Å². The first-order valence-corrected chi connectivity index (χ1v) is 7.59. The van der Waals surface area contributed by atoms with Gasteiger partial charge in [0.2, 0.25) is 0 Å². The molecule has 1 fully saturated rings. The lowest BCUT2D eigenvalue weighted by Gasteiger charge is -2.31. The monoisotopic (exact) mass is 313 g/mol. The van der Waals surface area contributed by atoms with Crippen molar-refractivity contribution in [2.45, 2.75) is 25.9 Å². The van der Waals surface area contributed by atoms with Crippen LogP contribution in [0, 0.1) is 0 Å². The number of rotatable bonds is 4. The molecule has 8 heteroatoms. The number of piperidine rings is 1. The van der Waals surface area contributed by atoms with Crippen LogP contribution in [0.2, 0.25) is 0 Å². The van der Waals surface area contributed by atoms with Crippen molar-refractivity contribution in [3.8, 4) is 0 Å². The number of carbonyl (C=O) groups is 2. The molecule has 1 unspecified atom stereocenters. The molecule has 0 saturated carbocycles. The number of esters is 1. The number of amides is 1. The summed E-state index contributed by atoms with van der Waals surface area (Å²) in [5.41, 5.74) is 11.5. The van der Waals surface area contributed by atoms with E-state index in [2.05, 4.69) is 0 Å². The molecule has 0 aliphatic carbocycles. The predicted octanol–water partition coefficient (Wildman–Crippen LogP) is 0.567. The van der Waals surface area contributed by atoms with Crippen LogP contribution in [0.5, 0.6) is 0 Å². The van der Waals surface area contributed by atoms with Gasteiger partial charge in [0.05, 0.1) is 24.0 Å². The summed E-state index contributed by atoms with van der Waals surface area (Å²) in [4.78, 5) is 25.6. The Morgan fingerprint density at radius 2 is 2.24 bits per heavy atom. The predicted molar refractivity (Wildman–Crippen MR) is 80.7 cm³/mol. The molecular weight excluding hydrogens is 294 g/mol. The minimum absolute atomic E-state index is 0.0565. The normalized spacial score (nSPS) is 18.6. The van der Waals surface area contributed by atoms with Gasteiger partial charge < -0.3 is 26.2 Å². The second-order valence-corrected chi connectivity index (χ2v) is 5.85. The standard InChI is InChI=1S/C13H19N3O4S/c1-2-20-13(19)10-9(14)8(11(15)18)12(21-10)16-5-3-4-7(17)6-16/h7,17H,2-6,14H2,1H3,(H2,15,18). The summed E-state index contributed by atoms with van der Waals surface area (Å²) in [7, 11) is 0. The van der Waals surface area contributed by atoms with Gasteiger partial charge in [-0.05, 0) is 19.8 Å². The molecular formula is C13H19N3O4S. The summed E-state index contributed by atoms with van der Waals surface area (Å²) in [6.07, 6.45) is 1.05. The highest BCUT2D eigenvalue weighted by molar-refractivity contribution is 7.19. The average molecular weight is 313 g/mol. The third-order valence-corrected chi connectivity index (χ3v) is 4.56. The highest BCUT2D eigenvalue weighted by Crippen LogP contribution is 2.39. The van der Waals surface area contributed by atoms with E-state index >= 15 is 0 Å². The highest BCUT2D eigenvalue weighted by atomic mass is 32.1.